The van der Waals surface area contributed by atoms with Gasteiger partial charge in [-0.2, -0.15) is 10.5 Å². The summed E-state index contributed by atoms with van der Waals surface area (Å²) in [7, 11) is 0. The van der Waals surface area contributed by atoms with Crippen LogP contribution in [0, 0.1) is 34.3 Å². The average molecular weight is 769 g/mol. The van der Waals surface area contributed by atoms with Gasteiger partial charge in [-0.15, -0.1) is 0 Å². The molecule has 0 fully saturated rings. The van der Waals surface area contributed by atoms with Gasteiger partial charge in [0.25, 0.3) is 0 Å². The third-order valence-corrected chi connectivity index (χ3v) is 9.49. The van der Waals surface area contributed by atoms with Crippen molar-refractivity contribution in [3.63, 3.8) is 0 Å². The lowest BCUT2D eigenvalue weighted by Crippen LogP contribution is -2.12. The largest absolute Gasteiger partial charge is 0.382 e. The minimum atomic E-state index is -0.296. The Balaban J connectivity index is 0.000000177. The summed E-state index contributed by atoms with van der Waals surface area (Å²) in [6.45, 7) is 3.89. The maximum absolute atomic E-state index is 13.5. The van der Waals surface area contributed by atoms with Crippen LogP contribution in [0.4, 0.5) is 32.1 Å². The van der Waals surface area contributed by atoms with Gasteiger partial charge >= 0.3 is 0 Å². The minimum absolute atomic E-state index is 0.118. The Morgan fingerprint density at radius 1 is 0.534 bits per heavy atom. The number of fused-ring (bicyclic) bond motifs is 2. The summed E-state index contributed by atoms with van der Waals surface area (Å²) in [6.07, 6.45) is 6.19. The van der Waals surface area contributed by atoms with Crippen molar-refractivity contribution < 1.29 is 8.78 Å². The van der Waals surface area contributed by atoms with E-state index in [1.165, 1.54) is 36.9 Å². The molecular formula is C44H34F2N12. The molecule has 6 N–H and O–H groups in total. The van der Waals surface area contributed by atoms with Gasteiger partial charge in [0, 0.05) is 34.3 Å². The number of pyridine rings is 2. The Bertz CT molecular complexity index is 2660. The van der Waals surface area contributed by atoms with Crippen LogP contribution < -0.4 is 22.1 Å². The molecule has 4 heterocycles. The van der Waals surface area contributed by atoms with E-state index in [9.17, 15) is 19.3 Å². The molecule has 0 unspecified atom stereocenters. The van der Waals surface area contributed by atoms with Crippen LogP contribution in [0.3, 0.4) is 0 Å². The van der Waals surface area contributed by atoms with Crippen LogP contribution in [-0.4, -0.2) is 29.9 Å². The number of hydrogen-bond acceptors (Lipinski definition) is 12. The van der Waals surface area contributed by atoms with Crippen molar-refractivity contribution in [3.8, 4) is 34.4 Å². The molecule has 8 rings (SSSR count). The van der Waals surface area contributed by atoms with Crippen LogP contribution in [-0.2, 0) is 0 Å². The first kappa shape index (κ1) is 38.2. The molecule has 12 nitrogen and oxygen atoms in total. The second-order valence-corrected chi connectivity index (χ2v) is 13.1. The number of rotatable bonds is 8. The highest BCUT2D eigenvalue weighted by Gasteiger charge is 2.20. The van der Waals surface area contributed by atoms with Crippen molar-refractivity contribution >= 4 is 45.1 Å². The second-order valence-electron chi connectivity index (χ2n) is 13.1. The number of nitrogens with two attached hydrogens (primary N) is 2. The third kappa shape index (κ3) is 7.84. The summed E-state index contributed by atoms with van der Waals surface area (Å²) in [5, 5.41) is 27.1. The van der Waals surface area contributed by atoms with E-state index < -0.39 is 0 Å². The molecule has 0 saturated heterocycles. The number of nitrogens with zero attached hydrogens (tertiary/aromatic N) is 8. The Labute approximate surface area is 331 Å². The van der Waals surface area contributed by atoms with Crippen molar-refractivity contribution in [3.05, 3.63) is 156 Å². The monoisotopic (exact) mass is 768 g/mol. The summed E-state index contributed by atoms with van der Waals surface area (Å²) in [6, 6.07) is 31.9. The van der Waals surface area contributed by atoms with Gasteiger partial charge in [0.2, 0.25) is 0 Å². The number of hydrogen-bond donors (Lipinski definition) is 4. The first-order valence-corrected chi connectivity index (χ1v) is 18.0. The van der Waals surface area contributed by atoms with Crippen molar-refractivity contribution in [1.82, 2.24) is 29.9 Å². The number of nitriles is 2. The van der Waals surface area contributed by atoms with E-state index in [0.29, 0.717) is 11.6 Å². The third-order valence-electron chi connectivity index (χ3n) is 9.49. The van der Waals surface area contributed by atoms with Gasteiger partial charge in [-0.1, -0.05) is 60.7 Å². The van der Waals surface area contributed by atoms with Crippen LogP contribution in [0.5, 0.6) is 0 Å². The maximum atomic E-state index is 13.5. The molecule has 4 aromatic heterocycles. The number of anilines is 4. The number of nitrogens with one attached hydrogen (secondary N) is 2. The minimum Gasteiger partial charge on any atom is -0.382 e. The van der Waals surface area contributed by atoms with Crippen LogP contribution in [0.1, 0.15) is 48.2 Å². The fourth-order valence-corrected chi connectivity index (χ4v) is 6.65. The zero-order valence-corrected chi connectivity index (χ0v) is 31.2. The molecule has 0 saturated carbocycles. The highest BCUT2D eigenvalue weighted by Crippen LogP contribution is 2.37. The first-order valence-electron chi connectivity index (χ1n) is 18.0. The number of halogens is 2. The lowest BCUT2D eigenvalue weighted by Gasteiger charge is -2.20. The van der Waals surface area contributed by atoms with Crippen molar-refractivity contribution in [2.24, 2.45) is 0 Å². The van der Waals surface area contributed by atoms with Gasteiger partial charge in [-0.05, 0) is 72.5 Å². The maximum Gasteiger partial charge on any atom is 0.150 e. The predicted molar refractivity (Wildman–Crippen MR) is 221 cm³/mol. The quantitative estimate of drug-likeness (QED) is 0.115. The molecule has 2 atom stereocenters. The highest BCUT2D eigenvalue weighted by atomic mass is 19.1. The number of benzene rings is 4. The van der Waals surface area contributed by atoms with Crippen LogP contribution in [0.25, 0.3) is 44.1 Å². The number of para-hydroxylation sites is 2. The van der Waals surface area contributed by atoms with Gasteiger partial charge in [0.05, 0.1) is 23.1 Å². The van der Waals surface area contributed by atoms with Gasteiger partial charge < -0.3 is 22.1 Å². The summed E-state index contributed by atoms with van der Waals surface area (Å²) < 4.78 is 27.0. The average Bonchev–Trinajstić information content (AvgIpc) is 3.24. The molecule has 0 radical (unpaired) electrons. The Kier molecular flexibility index (Phi) is 11.0. The highest BCUT2D eigenvalue weighted by molar-refractivity contribution is 5.97. The zero-order valence-electron chi connectivity index (χ0n) is 31.2. The lowest BCUT2D eigenvalue weighted by atomic mass is 9.93. The molecule has 0 aliphatic rings. The molecule has 0 spiro atoms. The Hall–Kier alpha value is -8.10. The lowest BCUT2D eigenvalue weighted by molar-refractivity contribution is 0.627. The summed E-state index contributed by atoms with van der Waals surface area (Å²) in [5.74, 6) is 0.349. The number of aromatic nitrogens is 6. The topological polar surface area (TPSA) is 201 Å². The first-order chi connectivity index (χ1) is 28.2. The van der Waals surface area contributed by atoms with E-state index in [1.54, 1.807) is 36.7 Å². The summed E-state index contributed by atoms with van der Waals surface area (Å²) in [5.41, 5.74) is 19.0. The molecule has 14 heteroatoms. The van der Waals surface area contributed by atoms with Gasteiger partial charge in [0.15, 0.2) is 0 Å². The second kappa shape index (κ2) is 16.7. The molecule has 284 valence electrons. The van der Waals surface area contributed by atoms with Crippen LogP contribution in [0.15, 0.2) is 122 Å². The van der Waals surface area contributed by atoms with E-state index in [0.717, 1.165) is 55.2 Å². The summed E-state index contributed by atoms with van der Waals surface area (Å²) >= 11 is 0. The molecule has 4 aromatic carbocycles. The summed E-state index contributed by atoms with van der Waals surface area (Å²) in [4.78, 5) is 25.2. The van der Waals surface area contributed by atoms with Crippen molar-refractivity contribution in [2.45, 2.75) is 25.9 Å². The zero-order chi connectivity index (χ0) is 40.8. The van der Waals surface area contributed by atoms with Gasteiger partial charge in [-0.25, -0.2) is 28.7 Å². The molecule has 0 amide bonds. The van der Waals surface area contributed by atoms with Crippen molar-refractivity contribution in [1.29, 1.82) is 10.5 Å². The Morgan fingerprint density at radius 2 is 0.914 bits per heavy atom. The Morgan fingerprint density at radius 3 is 1.29 bits per heavy atom. The van der Waals surface area contributed by atoms with Crippen LogP contribution >= 0.6 is 0 Å². The normalized spacial score (nSPS) is 11.8. The van der Waals surface area contributed by atoms with E-state index in [4.69, 9.17) is 11.5 Å². The fourth-order valence-electron chi connectivity index (χ4n) is 6.65. The van der Waals surface area contributed by atoms with E-state index >= 15 is 0 Å². The molecular weight excluding hydrogens is 735 g/mol. The molecule has 0 bridgehead atoms. The van der Waals surface area contributed by atoms with E-state index in [1.807, 2.05) is 74.5 Å². The number of nitrogen functional groups attached to an aromatic ring is 2. The molecule has 8 aromatic rings. The predicted octanol–water partition coefficient (Wildman–Crippen LogP) is 8.92. The van der Waals surface area contributed by atoms with Crippen LogP contribution in [0.2, 0.25) is 0 Å². The van der Waals surface area contributed by atoms with Gasteiger partial charge in [0.1, 0.15) is 70.8 Å². The van der Waals surface area contributed by atoms with Gasteiger partial charge in [-0.3, -0.25) is 9.97 Å². The SMILES string of the molecule is C[C@@H](Nc1ncnc(N)c1C#N)c1cnc2ccccc2c1-c1ccc(F)cc1.C[C@H](Nc1ncnc(N)c1C#N)c1cnc2ccccc2c1-c1ccc(F)cc1. The van der Waals surface area contributed by atoms with Crippen molar-refractivity contribution in [2.75, 3.05) is 22.1 Å². The van der Waals surface area contributed by atoms with E-state index in [-0.39, 0.29) is 46.5 Å². The smallest absolute Gasteiger partial charge is 0.150 e. The van der Waals surface area contributed by atoms with E-state index in [2.05, 4.69) is 40.5 Å². The fraction of sp³-hybridized carbons (Fsp3) is 0.0909. The molecule has 58 heavy (non-hydrogen) atoms. The standard InChI is InChI=1S/2C22H17FN6/c2*1-13(29-22-17(10-24)21(25)27-12-28-22)18-11-26-19-5-3-2-4-16(19)20(18)14-6-8-15(23)9-7-14/h2*2-9,11-13H,1H3,(H3,25,27,28,29)/t2*13-/m10/s1. The molecule has 0 aliphatic heterocycles. The molecule has 0 aliphatic carbocycles.